The fraction of sp³-hybridized carbons (Fsp3) is 0.778. The Hall–Kier alpha value is -0.0431. The van der Waals surface area contributed by atoms with Gasteiger partial charge < -0.3 is 0 Å². The van der Waals surface area contributed by atoms with Crippen LogP contribution in [0.4, 0.5) is 0 Å². The lowest BCUT2D eigenvalue weighted by Gasteiger charge is -2.05. The first-order valence-corrected chi connectivity index (χ1v) is 6.14. The molecule has 60 valence electrons. The van der Waals surface area contributed by atoms with Gasteiger partial charge in [0.1, 0.15) is 0 Å². The molecular weight excluding hydrogens is 136 g/mol. The third-order valence-electron chi connectivity index (χ3n) is 2.11. The molecule has 0 aromatic rings. The second-order valence-corrected chi connectivity index (χ2v) is 5.19. The Kier molecular flexibility index (Phi) is 5.70. The van der Waals surface area contributed by atoms with Crippen molar-refractivity contribution in [3.8, 4) is 0 Å². The normalized spacial score (nSPS) is 14.4. The fourth-order valence-electron chi connectivity index (χ4n) is 1.24. The van der Waals surface area contributed by atoms with Crippen LogP contribution in [0.25, 0.3) is 0 Å². The van der Waals surface area contributed by atoms with Gasteiger partial charge in [0.25, 0.3) is 0 Å². The lowest BCUT2D eigenvalue weighted by atomic mass is 10.2. The molecule has 0 unspecified atom stereocenters. The van der Waals surface area contributed by atoms with Gasteiger partial charge in [0, 0.05) is 9.52 Å². The van der Waals surface area contributed by atoms with Crippen molar-refractivity contribution in [3.05, 3.63) is 10.8 Å². The molecule has 0 atom stereocenters. The van der Waals surface area contributed by atoms with E-state index < -0.39 is 0 Å². The predicted molar refractivity (Wildman–Crippen MR) is 52.3 cm³/mol. The summed E-state index contributed by atoms with van der Waals surface area (Å²) in [5.74, 6) is 0. The van der Waals surface area contributed by atoms with Crippen LogP contribution in [0.3, 0.4) is 0 Å². The molecule has 0 aromatic heterocycles. The molecular formula is C9H20Si. The molecule has 0 heterocycles. The maximum atomic E-state index is 2.31. The molecule has 0 fully saturated rings. The van der Waals surface area contributed by atoms with Gasteiger partial charge in [-0.2, -0.15) is 0 Å². The van der Waals surface area contributed by atoms with Gasteiger partial charge in [-0.15, -0.1) is 0 Å². The Morgan fingerprint density at radius 3 is 2.00 bits per heavy atom. The first-order chi connectivity index (χ1) is 4.76. The molecule has 0 aliphatic carbocycles. The van der Waals surface area contributed by atoms with Crippen molar-refractivity contribution >= 4 is 9.52 Å². The van der Waals surface area contributed by atoms with E-state index >= 15 is 0 Å². The van der Waals surface area contributed by atoms with E-state index in [2.05, 4.69) is 27.7 Å². The van der Waals surface area contributed by atoms with Crippen LogP contribution in [0.2, 0.25) is 6.04 Å². The minimum atomic E-state index is 0.157. The molecule has 0 radical (unpaired) electrons. The van der Waals surface area contributed by atoms with E-state index in [1.54, 1.807) is 5.57 Å². The number of rotatable bonds is 4. The zero-order valence-electron chi connectivity index (χ0n) is 7.83. The van der Waals surface area contributed by atoms with E-state index in [1.807, 2.05) is 5.20 Å². The highest BCUT2D eigenvalue weighted by atomic mass is 28.2. The first kappa shape index (κ1) is 9.96. The molecule has 0 saturated heterocycles. The van der Waals surface area contributed by atoms with E-state index in [9.17, 15) is 0 Å². The summed E-state index contributed by atoms with van der Waals surface area (Å²) in [6.45, 7) is 9.15. The number of hydrogen-bond donors (Lipinski definition) is 0. The van der Waals surface area contributed by atoms with Crippen molar-refractivity contribution in [2.45, 2.75) is 46.6 Å². The first-order valence-electron chi connectivity index (χ1n) is 4.43. The fourth-order valence-corrected chi connectivity index (χ4v) is 2.88. The maximum Gasteiger partial charge on any atom is 0.0492 e. The third kappa shape index (κ3) is 3.21. The average molecular weight is 156 g/mol. The van der Waals surface area contributed by atoms with Crippen molar-refractivity contribution in [1.29, 1.82) is 0 Å². The molecule has 0 amide bonds. The summed E-state index contributed by atoms with van der Waals surface area (Å²) in [5.41, 5.74) is 1.66. The summed E-state index contributed by atoms with van der Waals surface area (Å²) >= 11 is 0. The quantitative estimate of drug-likeness (QED) is 0.549. The second kappa shape index (κ2) is 5.72. The minimum Gasteiger partial charge on any atom is -0.0893 e. The van der Waals surface area contributed by atoms with Crippen molar-refractivity contribution in [2.24, 2.45) is 0 Å². The lowest BCUT2D eigenvalue weighted by molar-refractivity contribution is 1.03. The van der Waals surface area contributed by atoms with Crippen LogP contribution in [0.15, 0.2) is 10.8 Å². The monoisotopic (exact) mass is 156 g/mol. The Labute approximate surface area is 67.5 Å². The van der Waals surface area contributed by atoms with Crippen molar-refractivity contribution in [2.75, 3.05) is 0 Å². The molecule has 0 rings (SSSR count). The SMILES string of the molecule is CC[SiH2]C(CC)=C(C)CC. The van der Waals surface area contributed by atoms with E-state index in [0.717, 1.165) is 0 Å². The largest absolute Gasteiger partial charge is 0.0893 e. The van der Waals surface area contributed by atoms with E-state index in [-0.39, 0.29) is 9.52 Å². The van der Waals surface area contributed by atoms with Crippen LogP contribution >= 0.6 is 0 Å². The summed E-state index contributed by atoms with van der Waals surface area (Å²) in [6, 6.07) is 1.43. The van der Waals surface area contributed by atoms with Gasteiger partial charge in [-0.1, -0.05) is 37.6 Å². The van der Waals surface area contributed by atoms with Gasteiger partial charge in [0.05, 0.1) is 0 Å². The average Bonchev–Trinajstić information content (AvgIpc) is 1.99. The zero-order valence-corrected chi connectivity index (χ0v) is 9.24. The van der Waals surface area contributed by atoms with E-state index in [1.165, 1.54) is 18.9 Å². The highest BCUT2D eigenvalue weighted by molar-refractivity contribution is 6.45. The van der Waals surface area contributed by atoms with Gasteiger partial charge in [-0.05, 0) is 19.8 Å². The molecule has 0 bridgehead atoms. The summed E-state index contributed by atoms with van der Waals surface area (Å²) in [4.78, 5) is 0. The third-order valence-corrected chi connectivity index (χ3v) is 4.32. The molecule has 0 aliphatic heterocycles. The topological polar surface area (TPSA) is 0 Å². The maximum absolute atomic E-state index is 2.31. The minimum absolute atomic E-state index is 0.157. The zero-order chi connectivity index (χ0) is 7.98. The van der Waals surface area contributed by atoms with Crippen LogP contribution in [-0.2, 0) is 0 Å². The summed E-state index contributed by atoms with van der Waals surface area (Å²) in [7, 11) is 0.157. The van der Waals surface area contributed by atoms with Crippen molar-refractivity contribution in [3.63, 3.8) is 0 Å². The lowest BCUT2D eigenvalue weighted by Crippen LogP contribution is -1.96. The number of hydrogen-bond acceptors (Lipinski definition) is 0. The molecule has 0 nitrogen and oxygen atoms in total. The molecule has 1 heteroatoms. The Bertz CT molecular complexity index is 114. The van der Waals surface area contributed by atoms with Crippen molar-refractivity contribution < 1.29 is 0 Å². The van der Waals surface area contributed by atoms with Crippen LogP contribution in [0.1, 0.15) is 40.5 Å². The van der Waals surface area contributed by atoms with Gasteiger partial charge >= 0.3 is 0 Å². The molecule has 0 aromatic carbocycles. The van der Waals surface area contributed by atoms with Gasteiger partial charge in [-0.25, -0.2) is 0 Å². The summed E-state index contributed by atoms with van der Waals surface area (Å²) < 4.78 is 0. The van der Waals surface area contributed by atoms with Crippen LogP contribution in [-0.4, -0.2) is 9.52 Å². The van der Waals surface area contributed by atoms with Gasteiger partial charge in [-0.3, -0.25) is 0 Å². The van der Waals surface area contributed by atoms with Crippen LogP contribution in [0, 0.1) is 0 Å². The second-order valence-electron chi connectivity index (χ2n) is 2.84. The summed E-state index contributed by atoms with van der Waals surface area (Å²) in [6.07, 6.45) is 2.57. The van der Waals surface area contributed by atoms with E-state index in [0.29, 0.717) is 0 Å². The molecule has 0 aliphatic rings. The Morgan fingerprint density at radius 1 is 1.10 bits per heavy atom. The molecule has 0 spiro atoms. The van der Waals surface area contributed by atoms with E-state index in [4.69, 9.17) is 0 Å². The summed E-state index contributed by atoms with van der Waals surface area (Å²) in [5, 5.41) is 1.81. The molecule has 0 N–H and O–H groups in total. The Morgan fingerprint density at radius 2 is 1.70 bits per heavy atom. The standard InChI is InChI=1S/C9H20Si/c1-5-8(4)9(6-2)10-7-3/h5-7,10H2,1-4H3. The Balaban J connectivity index is 4.00. The van der Waals surface area contributed by atoms with Crippen LogP contribution in [0.5, 0.6) is 0 Å². The molecule has 0 saturated carbocycles. The molecule has 10 heavy (non-hydrogen) atoms. The van der Waals surface area contributed by atoms with Crippen LogP contribution < -0.4 is 0 Å². The number of allylic oxidation sites excluding steroid dienone is 2. The highest BCUT2D eigenvalue weighted by Gasteiger charge is 1.96. The van der Waals surface area contributed by atoms with Crippen molar-refractivity contribution in [1.82, 2.24) is 0 Å². The van der Waals surface area contributed by atoms with Gasteiger partial charge in [0.15, 0.2) is 0 Å². The highest BCUT2D eigenvalue weighted by Crippen LogP contribution is 2.10. The smallest absolute Gasteiger partial charge is 0.0492 e. The van der Waals surface area contributed by atoms with Gasteiger partial charge in [0.2, 0.25) is 0 Å². The predicted octanol–water partition coefficient (Wildman–Crippen LogP) is 2.69.